The fourth-order valence-electron chi connectivity index (χ4n) is 2.31. The van der Waals surface area contributed by atoms with E-state index in [0.29, 0.717) is 5.56 Å². The topological polar surface area (TPSA) is 75.3 Å². The SMILES string of the molecule is CC(NS(=O)(=O)c1ccc(C(=O)NC(C)(C)C)cc1)c1ccccc1. The van der Waals surface area contributed by atoms with Gasteiger partial charge in [-0.25, -0.2) is 13.1 Å². The molecule has 25 heavy (non-hydrogen) atoms. The van der Waals surface area contributed by atoms with Crippen molar-refractivity contribution in [3.8, 4) is 0 Å². The molecule has 0 saturated heterocycles. The van der Waals surface area contributed by atoms with E-state index in [2.05, 4.69) is 10.0 Å². The Balaban J connectivity index is 2.14. The van der Waals surface area contributed by atoms with Gasteiger partial charge in [-0.2, -0.15) is 0 Å². The molecule has 0 heterocycles. The average molecular weight is 360 g/mol. The van der Waals surface area contributed by atoms with Crippen molar-refractivity contribution in [1.82, 2.24) is 10.0 Å². The van der Waals surface area contributed by atoms with Crippen LogP contribution in [-0.4, -0.2) is 19.9 Å². The maximum Gasteiger partial charge on any atom is 0.251 e. The number of carbonyl (C=O) groups is 1. The lowest BCUT2D eigenvalue weighted by molar-refractivity contribution is 0.0919. The van der Waals surface area contributed by atoms with Crippen LogP contribution in [0.5, 0.6) is 0 Å². The molecule has 2 rings (SSSR count). The van der Waals surface area contributed by atoms with E-state index in [0.717, 1.165) is 5.56 Å². The Morgan fingerprint density at radius 1 is 0.960 bits per heavy atom. The van der Waals surface area contributed by atoms with Crippen molar-refractivity contribution in [2.75, 3.05) is 0 Å². The van der Waals surface area contributed by atoms with Gasteiger partial charge < -0.3 is 5.32 Å². The summed E-state index contributed by atoms with van der Waals surface area (Å²) in [5.74, 6) is -0.234. The molecule has 2 aromatic carbocycles. The first-order chi connectivity index (χ1) is 11.6. The third-order valence-electron chi connectivity index (χ3n) is 3.55. The molecule has 1 amide bonds. The van der Waals surface area contributed by atoms with Crippen LogP contribution in [-0.2, 0) is 10.0 Å². The highest BCUT2D eigenvalue weighted by atomic mass is 32.2. The second-order valence-electron chi connectivity index (χ2n) is 6.98. The Labute approximate surface area is 149 Å². The van der Waals surface area contributed by atoms with Gasteiger partial charge in [-0.05, 0) is 57.5 Å². The summed E-state index contributed by atoms with van der Waals surface area (Å²) in [6.45, 7) is 7.45. The van der Waals surface area contributed by atoms with Crippen molar-refractivity contribution < 1.29 is 13.2 Å². The maximum atomic E-state index is 12.5. The smallest absolute Gasteiger partial charge is 0.251 e. The molecular formula is C19H24N2O3S. The van der Waals surface area contributed by atoms with Crippen LogP contribution in [0.1, 0.15) is 49.7 Å². The van der Waals surface area contributed by atoms with Crippen molar-refractivity contribution in [2.45, 2.75) is 44.2 Å². The van der Waals surface area contributed by atoms with Crippen LogP contribution < -0.4 is 10.0 Å². The molecule has 1 unspecified atom stereocenters. The summed E-state index contributed by atoms with van der Waals surface area (Å²) >= 11 is 0. The summed E-state index contributed by atoms with van der Waals surface area (Å²) in [6.07, 6.45) is 0. The first kappa shape index (κ1) is 19.1. The Hall–Kier alpha value is -2.18. The molecule has 2 aromatic rings. The molecular weight excluding hydrogens is 336 g/mol. The van der Waals surface area contributed by atoms with Gasteiger partial charge >= 0.3 is 0 Å². The zero-order valence-electron chi connectivity index (χ0n) is 14.9. The maximum absolute atomic E-state index is 12.5. The van der Waals surface area contributed by atoms with Crippen LogP contribution in [0.15, 0.2) is 59.5 Å². The number of carbonyl (C=O) groups excluding carboxylic acids is 1. The molecule has 0 spiro atoms. The van der Waals surface area contributed by atoms with Gasteiger partial charge in [0.25, 0.3) is 5.91 Å². The number of benzene rings is 2. The Kier molecular flexibility index (Phi) is 5.65. The van der Waals surface area contributed by atoms with E-state index in [1.807, 2.05) is 51.1 Å². The number of hydrogen-bond donors (Lipinski definition) is 2. The second-order valence-corrected chi connectivity index (χ2v) is 8.70. The number of hydrogen-bond acceptors (Lipinski definition) is 3. The fourth-order valence-corrected chi connectivity index (χ4v) is 3.54. The van der Waals surface area contributed by atoms with Crippen LogP contribution in [0, 0.1) is 0 Å². The molecule has 2 N–H and O–H groups in total. The first-order valence-electron chi connectivity index (χ1n) is 8.08. The monoisotopic (exact) mass is 360 g/mol. The molecule has 0 aromatic heterocycles. The van der Waals surface area contributed by atoms with E-state index in [4.69, 9.17) is 0 Å². The standard InChI is InChI=1S/C19H24N2O3S/c1-14(15-8-6-5-7-9-15)21-25(23,24)17-12-10-16(11-13-17)18(22)20-19(2,3)4/h5-14,21H,1-4H3,(H,20,22). The van der Waals surface area contributed by atoms with Gasteiger partial charge in [0, 0.05) is 17.1 Å². The largest absolute Gasteiger partial charge is 0.347 e. The van der Waals surface area contributed by atoms with E-state index in [1.165, 1.54) is 24.3 Å². The molecule has 0 aliphatic heterocycles. The van der Waals surface area contributed by atoms with Crippen LogP contribution >= 0.6 is 0 Å². The molecule has 134 valence electrons. The highest BCUT2D eigenvalue weighted by Gasteiger charge is 2.20. The van der Waals surface area contributed by atoms with Gasteiger partial charge in [-0.3, -0.25) is 4.79 Å². The molecule has 5 nitrogen and oxygen atoms in total. The quantitative estimate of drug-likeness (QED) is 0.859. The van der Waals surface area contributed by atoms with Gasteiger partial charge in [-0.1, -0.05) is 30.3 Å². The highest BCUT2D eigenvalue weighted by molar-refractivity contribution is 7.89. The molecule has 1 atom stereocenters. The predicted molar refractivity (Wildman–Crippen MR) is 98.8 cm³/mol. The van der Waals surface area contributed by atoms with Crippen molar-refractivity contribution in [3.05, 3.63) is 65.7 Å². The summed E-state index contributed by atoms with van der Waals surface area (Å²) in [6, 6.07) is 14.9. The van der Waals surface area contributed by atoms with E-state index in [-0.39, 0.29) is 22.4 Å². The highest BCUT2D eigenvalue weighted by Crippen LogP contribution is 2.17. The summed E-state index contributed by atoms with van der Waals surface area (Å²) < 4.78 is 27.7. The fraction of sp³-hybridized carbons (Fsp3) is 0.316. The zero-order valence-corrected chi connectivity index (χ0v) is 15.7. The Morgan fingerprint density at radius 2 is 1.52 bits per heavy atom. The molecule has 0 aliphatic carbocycles. The minimum Gasteiger partial charge on any atom is -0.347 e. The Bertz CT molecular complexity index is 823. The van der Waals surface area contributed by atoms with Gasteiger partial charge in [0.1, 0.15) is 0 Å². The van der Waals surface area contributed by atoms with Crippen molar-refractivity contribution in [2.24, 2.45) is 0 Å². The van der Waals surface area contributed by atoms with Crippen molar-refractivity contribution in [1.29, 1.82) is 0 Å². The summed E-state index contributed by atoms with van der Waals surface area (Å²) in [5.41, 5.74) is 0.950. The van der Waals surface area contributed by atoms with Crippen LogP contribution in [0.3, 0.4) is 0 Å². The van der Waals surface area contributed by atoms with Gasteiger partial charge in [0.2, 0.25) is 10.0 Å². The second kappa shape index (κ2) is 7.37. The predicted octanol–water partition coefficient (Wildman–Crippen LogP) is 3.25. The number of rotatable bonds is 5. The summed E-state index contributed by atoms with van der Waals surface area (Å²) in [4.78, 5) is 12.2. The summed E-state index contributed by atoms with van der Waals surface area (Å²) in [5, 5.41) is 2.84. The minimum atomic E-state index is -3.67. The molecule has 0 radical (unpaired) electrons. The first-order valence-corrected chi connectivity index (χ1v) is 9.57. The molecule has 6 heteroatoms. The lowest BCUT2D eigenvalue weighted by Crippen LogP contribution is -2.40. The lowest BCUT2D eigenvalue weighted by atomic mass is 10.1. The average Bonchev–Trinajstić information content (AvgIpc) is 2.54. The molecule has 0 aliphatic rings. The minimum absolute atomic E-state index is 0.127. The van der Waals surface area contributed by atoms with Crippen molar-refractivity contribution in [3.63, 3.8) is 0 Å². The van der Waals surface area contributed by atoms with Gasteiger partial charge in [0.15, 0.2) is 0 Å². The van der Waals surface area contributed by atoms with E-state index < -0.39 is 10.0 Å². The molecule has 0 saturated carbocycles. The van der Waals surface area contributed by atoms with Crippen LogP contribution in [0.2, 0.25) is 0 Å². The summed E-state index contributed by atoms with van der Waals surface area (Å²) in [7, 11) is -3.67. The van der Waals surface area contributed by atoms with E-state index in [1.54, 1.807) is 6.92 Å². The zero-order chi connectivity index (χ0) is 18.7. The lowest BCUT2D eigenvalue weighted by Gasteiger charge is -2.20. The van der Waals surface area contributed by atoms with Gasteiger partial charge in [-0.15, -0.1) is 0 Å². The van der Waals surface area contributed by atoms with Gasteiger partial charge in [0.05, 0.1) is 4.90 Å². The third-order valence-corrected chi connectivity index (χ3v) is 5.10. The van der Waals surface area contributed by atoms with E-state index >= 15 is 0 Å². The number of nitrogens with one attached hydrogen (secondary N) is 2. The van der Waals surface area contributed by atoms with Crippen molar-refractivity contribution >= 4 is 15.9 Å². The normalized spacial score (nSPS) is 13.3. The molecule has 0 bridgehead atoms. The Morgan fingerprint density at radius 3 is 2.04 bits per heavy atom. The van der Waals surface area contributed by atoms with E-state index in [9.17, 15) is 13.2 Å². The third kappa shape index (κ3) is 5.41. The van der Waals surface area contributed by atoms with Crippen LogP contribution in [0.4, 0.5) is 0 Å². The number of amides is 1. The molecule has 0 fully saturated rings. The number of sulfonamides is 1. The van der Waals surface area contributed by atoms with Crippen LogP contribution in [0.25, 0.3) is 0 Å².